The highest BCUT2D eigenvalue weighted by Crippen LogP contribution is 2.23. The number of hydrogen-bond acceptors (Lipinski definition) is 3. The van der Waals surface area contributed by atoms with Crippen LogP contribution in [0.2, 0.25) is 0 Å². The van der Waals surface area contributed by atoms with Gasteiger partial charge in [-0.25, -0.2) is 0 Å². The Labute approximate surface area is 169 Å². The second-order valence-corrected chi connectivity index (χ2v) is 6.45. The van der Waals surface area contributed by atoms with Crippen molar-refractivity contribution in [1.29, 1.82) is 0 Å². The summed E-state index contributed by atoms with van der Waals surface area (Å²) < 4.78 is 11.3. The van der Waals surface area contributed by atoms with Crippen molar-refractivity contribution in [2.45, 2.75) is 57.7 Å². The van der Waals surface area contributed by atoms with Gasteiger partial charge < -0.3 is 20.1 Å². The van der Waals surface area contributed by atoms with Crippen molar-refractivity contribution < 1.29 is 9.47 Å². The van der Waals surface area contributed by atoms with E-state index in [1.807, 2.05) is 6.07 Å². The Bertz CT molecular complexity index is 519. The van der Waals surface area contributed by atoms with Gasteiger partial charge >= 0.3 is 0 Å². The van der Waals surface area contributed by atoms with Gasteiger partial charge in [0.05, 0.1) is 12.7 Å². The summed E-state index contributed by atoms with van der Waals surface area (Å²) in [4.78, 5) is 4.25. The number of ether oxygens (including phenoxy) is 2. The van der Waals surface area contributed by atoms with Crippen molar-refractivity contribution in [2.75, 3.05) is 20.8 Å². The number of aliphatic imine (C=N–C) groups is 1. The number of guanidine groups is 1. The molecule has 0 radical (unpaired) electrons. The fourth-order valence-electron chi connectivity index (χ4n) is 3.01. The van der Waals surface area contributed by atoms with Crippen molar-refractivity contribution in [3.8, 4) is 5.75 Å². The van der Waals surface area contributed by atoms with Crippen LogP contribution >= 0.6 is 24.0 Å². The van der Waals surface area contributed by atoms with E-state index in [0.717, 1.165) is 11.7 Å². The van der Waals surface area contributed by atoms with Crippen molar-refractivity contribution >= 4 is 29.9 Å². The van der Waals surface area contributed by atoms with E-state index in [2.05, 4.69) is 40.7 Å². The lowest BCUT2D eigenvalue weighted by Crippen LogP contribution is -2.43. The summed E-state index contributed by atoms with van der Waals surface area (Å²) >= 11 is 0. The van der Waals surface area contributed by atoms with Crippen LogP contribution < -0.4 is 15.4 Å². The smallest absolute Gasteiger partial charge is 0.191 e. The Balaban J connectivity index is 0.00000312. The maximum absolute atomic E-state index is 6.14. The third-order valence-electron chi connectivity index (χ3n) is 4.24. The highest BCUT2D eigenvalue weighted by molar-refractivity contribution is 14.0. The van der Waals surface area contributed by atoms with Gasteiger partial charge in [0, 0.05) is 26.7 Å². The first-order chi connectivity index (χ1) is 11.7. The lowest BCUT2D eigenvalue weighted by Gasteiger charge is -2.23. The van der Waals surface area contributed by atoms with Crippen molar-refractivity contribution in [3.05, 3.63) is 29.8 Å². The number of benzene rings is 1. The van der Waals surface area contributed by atoms with E-state index in [4.69, 9.17) is 9.47 Å². The van der Waals surface area contributed by atoms with Crippen molar-refractivity contribution in [1.82, 2.24) is 10.6 Å². The summed E-state index contributed by atoms with van der Waals surface area (Å²) in [5, 5.41) is 6.63. The van der Waals surface area contributed by atoms with Crippen molar-refractivity contribution in [3.63, 3.8) is 0 Å². The molecule has 2 rings (SSSR count). The van der Waals surface area contributed by atoms with E-state index < -0.39 is 0 Å². The van der Waals surface area contributed by atoms with Crippen LogP contribution in [0.25, 0.3) is 0 Å². The highest BCUT2D eigenvalue weighted by atomic mass is 127. The zero-order chi connectivity index (χ0) is 17.2. The number of methoxy groups -OCH3 is 1. The van der Waals surface area contributed by atoms with Gasteiger partial charge in [-0.05, 0) is 50.3 Å². The number of hydrogen-bond donors (Lipinski definition) is 2. The zero-order valence-corrected chi connectivity index (χ0v) is 17.9. The predicted molar refractivity (Wildman–Crippen MR) is 114 cm³/mol. The number of nitrogens with one attached hydrogen (secondary N) is 2. The monoisotopic (exact) mass is 461 g/mol. The van der Waals surface area contributed by atoms with Crippen LogP contribution in [-0.4, -0.2) is 38.9 Å². The standard InChI is InChI=1S/C19H31N3O2.HI/c1-15(14-23-3)22-19(20-2)21-13-16-8-7-11-18(12-16)24-17-9-5-4-6-10-17;/h7-8,11-12,15,17H,4-6,9-10,13-14H2,1-3H3,(H2,20,21,22);1H. The summed E-state index contributed by atoms with van der Waals surface area (Å²) in [7, 11) is 3.48. The minimum Gasteiger partial charge on any atom is -0.490 e. The first-order valence-corrected chi connectivity index (χ1v) is 8.93. The Hall–Kier alpha value is -1.02. The molecule has 142 valence electrons. The highest BCUT2D eigenvalue weighted by Gasteiger charge is 2.14. The Morgan fingerprint density at radius 3 is 2.72 bits per heavy atom. The molecule has 1 aliphatic rings. The largest absolute Gasteiger partial charge is 0.490 e. The normalized spacial score (nSPS) is 16.7. The molecule has 1 saturated carbocycles. The van der Waals surface area contributed by atoms with Gasteiger partial charge in [0.15, 0.2) is 5.96 Å². The summed E-state index contributed by atoms with van der Waals surface area (Å²) in [6, 6.07) is 8.53. The van der Waals surface area contributed by atoms with Gasteiger partial charge in [-0.1, -0.05) is 18.6 Å². The molecular weight excluding hydrogens is 429 g/mol. The van der Waals surface area contributed by atoms with Crippen LogP contribution in [0.15, 0.2) is 29.3 Å². The van der Waals surface area contributed by atoms with Gasteiger partial charge in [0.1, 0.15) is 5.75 Å². The van der Waals surface area contributed by atoms with E-state index in [1.54, 1.807) is 14.2 Å². The van der Waals surface area contributed by atoms with Crippen molar-refractivity contribution in [2.24, 2.45) is 4.99 Å². The molecule has 0 aromatic heterocycles. The summed E-state index contributed by atoms with van der Waals surface area (Å²) in [6.45, 7) is 3.42. The molecule has 0 saturated heterocycles. The molecule has 0 bridgehead atoms. The zero-order valence-electron chi connectivity index (χ0n) is 15.6. The molecule has 1 unspecified atom stereocenters. The SMILES string of the molecule is CN=C(NCc1cccc(OC2CCCCC2)c1)NC(C)COC.I. The molecule has 0 amide bonds. The van der Waals surface area contributed by atoms with Gasteiger partial charge in [0.25, 0.3) is 0 Å². The lowest BCUT2D eigenvalue weighted by molar-refractivity contribution is 0.155. The van der Waals surface area contributed by atoms with Crippen LogP contribution in [0.1, 0.15) is 44.6 Å². The molecule has 6 heteroatoms. The molecule has 1 aliphatic carbocycles. The predicted octanol–water partition coefficient (Wildman–Crippen LogP) is 3.72. The van der Waals surface area contributed by atoms with Gasteiger partial charge in [-0.3, -0.25) is 4.99 Å². The van der Waals surface area contributed by atoms with Gasteiger partial charge in [0.2, 0.25) is 0 Å². The summed E-state index contributed by atoms with van der Waals surface area (Å²) in [6.07, 6.45) is 6.65. The Morgan fingerprint density at radius 2 is 2.04 bits per heavy atom. The Morgan fingerprint density at radius 1 is 1.28 bits per heavy atom. The van der Waals surface area contributed by atoms with Crippen LogP contribution in [0, 0.1) is 0 Å². The Kier molecular flexibility index (Phi) is 10.9. The third kappa shape index (κ3) is 8.27. The van der Waals surface area contributed by atoms with Gasteiger partial charge in [-0.15, -0.1) is 24.0 Å². The molecule has 1 fully saturated rings. The molecule has 25 heavy (non-hydrogen) atoms. The average Bonchev–Trinajstić information content (AvgIpc) is 2.60. The second kappa shape index (κ2) is 12.4. The molecule has 0 spiro atoms. The molecule has 0 aliphatic heterocycles. The van der Waals surface area contributed by atoms with Crippen LogP contribution in [0.4, 0.5) is 0 Å². The van der Waals surface area contributed by atoms with Gasteiger partial charge in [-0.2, -0.15) is 0 Å². The maximum Gasteiger partial charge on any atom is 0.191 e. The minimum absolute atomic E-state index is 0. The van der Waals surface area contributed by atoms with Crippen LogP contribution in [0.3, 0.4) is 0 Å². The fourth-order valence-corrected chi connectivity index (χ4v) is 3.01. The third-order valence-corrected chi connectivity index (χ3v) is 4.24. The van der Waals surface area contributed by atoms with E-state index >= 15 is 0 Å². The quantitative estimate of drug-likeness (QED) is 0.369. The molecule has 1 aromatic carbocycles. The number of rotatable bonds is 7. The fraction of sp³-hybridized carbons (Fsp3) is 0.632. The lowest BCUT2D eigenvalue weighted by atomic mass is 9.98. The molecule has 0 heterocycles. The van der Waals surface area contributed by atoms with E-state index in [-0.39, 0.29) is 30.0 Å². The second-order valence-electron chi connectivity index (χ2n) is 6.45. The summed E-state index contributed by atoms with van der Waals surface area (Å²) in [5.74, 6) is 1.75. The minimum atomic E-state index is 0. The maximum atomic E-state index is 6.14. The molecule has 1 atom stereocenters. The molecule has 2 N–H and O–H groups in total. The topological polar surface area (TPSA) is 54.9 Å². The average molecular weight is 461 g/mol. The number of halogens is 1. The van der Waals surface area contributed by atoms with Crippen LogP contribution in [-0.2, 0) is 11.3 Å². The number of nitrogens with zero attached hydrogens (tertiary/aromatic N) is 1. The first kappa shape index (κ1) is 22.0. The van der Waals surface area contributed by atoms with E-state index in [0.29, 0.717) is 19.3 Å². The van der Waals surface area contributed by atoms with Crippen LogP contribution in [0.5, 0.6) is 5.75 Å². The molecule has 1 aromatic rings. The molecular formula is C19H32IN3O2. The summed E-state index contributed by atoms with van der Waals surface area (Å²) in [5.41, 5.74) is 1.19. The van der Waals surface area contributed by atoms with E-state index in [9.17, 15) is 0 Å². The first-order valence-electron chi connectivity index (χ1n) is 8.93. The molecule has 5 nitrogen and oxygen atoms in total. The van der Waals surface area contributed by atoms with E-state index in [1.165, 1.54) is 37.7 Å².